The number of fused-ring (bicyclic) bond motifs is 1. The Hall–Kier alpha value is -2.72. The number of nitrogens with two attached hydrogens (primary N) is 1. The molecule has 0 saturated carbocycles. The highest BCUT2D eigenvalue weighted by Crippen LogP contribution is 2.21. The quantitative estimate of drug-likeness (QED) is 0.443. The van der Waals surface area contributed by atoms with Gasteiger partial charge in [0.1, 0.15) is 0 Å². The zero-order valence-corrected chi connectivity index (χ0v) is 12.7. The number of hydrogen-bond donors (Lipinski definition) is 2. The Labute approximate surface area is 134 Å². The lowest BCUT2D eigenvalue weighted by Gasteiger charge is -2.11. The third kappa shape index (κ3) is 2.97. The Morgan fingerprint density at radius 2 is 1.55 bits per heavy atom. The van der Waals surface area contributed by atoms with Crippen molar-refractivity contribution in [2.75, 3.05) is 0 Å². The van der Waals surface area contributed by atoms with E-state index in [9.17, 15) is 0 Å². The third-order valence-corrected chi connectivity index (χ3v) is 3.46. The van der Waals surface area contributed by atoms with Gasteiger partial charge in [-0.1, -0.05) is 72.8 Å². The summed E-state index contributed by atoms with van der Waals surface area (Å²) >= 11 is 4.87. The molecule has 3 aromatic rings. The number of rotatable bonds is 3. The molecule has 0 radical (unpaired) electrons. The minimum Gasteiger partial charge on any atom is -0.375 e. The van der Waals surface area contributed by atoms with Crippen molar-refractivity contribution >= 4 is 33.8 Å². The second-order valence-corrected chi connectivity index (χ2v) is 5.27. The number of thiocarbonyl (C=S) groups is 1. The van der Waals surface area contributed by atoms with Crippen LogP contribution in [0.25, 0.3) is 10.8 Å². The normalized spacial score (nSPS) is 11.4. The van der Waals surface area contributed by atoms with Crippen LogP contribution in [0.3, 0.4) is 0 Å². The van der Waals surface area contributed by atoms with Gasteiger partial charge < -0.3 is 5.73 Å². The Bertz CT molecular complexity index is 836. The Kier molecular flexibility index (Phi) is 4.12. The topological polar surface area (TPSA) is 50.4 Å². The molecule has 3 N–H and O–H groups in total. The van der Waals surface area contributed by atoms with Crippen molar-refractivity contribution in [3.63, 3.8) is 0 Å². The Morgan fingerprint density at radius 3 is 2.32 bits per heavy atom. The fraction of sp³-hybridized carbons (Fsp3) is 0. The van der Waals surface area contributed by atoms with Gasteiger partial charge in [0.05, 0.1) is 5.71 Å². The van der Waals surface area contributed by atoms with Gasteiger partial charge in [-0.15, -0.1) is 0 Å². The minimum atomic E-state index is 0.147. The molecule has 0 heterocycles. The van der Waals surface area contributed by atoms with Crippen LogP contribution in [0.5, 0.6) is 0 Å². The van der Waals surface area contributed by atoms with Gasteiger partial charge in [0.25, 0.3) is 0 Å². The molecule has 22 heavy (non-hydrogen) atoms. The van der Waals surface area contributed by atoms with Crippen LogP contribution in [0.4, 0.5) is 0 Å². The molecule has 0 aliphatic rings. The SMILES string of the molecule is NC(=S)N/N=C(\c1ccccc1)c1cccc2ccccc12. The lowest BCUT2D eigenvalue weighted by Crippen LogP contribution is -2.26. The van der Waals surface area contributed by atoms with Gasteiger partial charge in [-0.25, -0.2) is 0 Å². The summed E-state index contributed by atoms with van der Waals surface area (Å²) in [6.07, 6.45) is 0. The molecular weight excluding hydrogens is 290 g/mol. The molecule has 4 heteroatoms. The van der Waals surface area contributed by atoms with Gasteiger partial charge >= 0.3 is 0 Å². The highest BCUT2D eigenvalue weighted by atomic mass is 32.1. The molecule has 0 atom stereocenters. The standard InChI is InChI=1S/C18H15N3S/c19-18(22)21-20-17(14-8-2-1-3-9-14)16-12-6-10-13-7-4-5-11-15(13)16/h1-12H,(H3,19,21,22)/b20-17+. The van der Waals surface area contributed by atoms with Gasteiger partial charge in [-0.05, 0) is 23.0 Å². The molecule has 0 bridgehead atoms. The summed E-state index contributed by atoms with van der Waals surface area (Å²) in [4.78, 5) is 0. The second kappa shape index (κ2) is 6.37. The number of nitrogens with one attached hydrogen (secondary N) is 1. The van der Waals surface area contributed by atoms with E-state index in [-0.39, 0.29) is 5.11 Å². The molecule has 108 valence electrons. The zero-order chi connectivity index (χ0) is 15.4. The van der Waals surface area contributed by atoms with E-state index in [2.05, 4.69) is 34.8 Å². The summed E-state index contributed by atoms with van der Waals surface area (Å²) in [5.74, 6) is 0. The first kappa shape index (κ1) is 14.2. The minimum absolute atomic E-state index is 0.147. The van der Waals surface area contributed by atoms with Crippen molar-refractivity contribution in [3.8, 4) is 0 Å². The van der Waals surface area contributed by atoms with Crippen LogP contribution in [-0.4, -0.2) is 10.8 Å². The molecule has 0 spiro atoms. The fourth-order valence-corrected chi connectivity index (χ4v) is 2.46. The van der Waals surface area contributed by atoms with Crippen molar-refractivity contribution < 1.29 is 0 Å². The summed E-state index contributed by atoms with van der Waals surface area (Å²) in [7, 11) is 0. The Balaban J connectivity index is 2.20. The van der Waals surface area contributed by atoms with Gasteiger partial charge in [0.15, 0.2) is 5.11 Å². The highest BCUT2D eigenvalue weighted by molar-refractivity contribution is 7.80. The van der Waals surface area contributed by atoms with Crippen molar-refractivity contribution in [3.05, 3.63) is 83.9 Å². The molecule has 0 saturated heterocycles. The molecule has 0 aliphatic heterocycles. The van der Waals surface area contributed by atoms with E-state index in [1.807, 2.05) is 48.5 Å². The van der Waals surface area contributed by atoms with E-state index in [1.165, 1.54) is 5.39 Å². The zero-order valence-electron chi connectivity index (χ0n) is 11.9. The smallest absolute Gasteiger partial charge is 0.184 e. The maximum atomic E-state index is 5.52. The number of benzene rings is 3. The molecule has 3 nitrogen and oxygen atoms in total. The predicted octanol–water partition coefficient (Wildman–Crippen LogP) is 3.43. The van der Waals surface area contributed by atoms with Crippen LogP contribution in [0.15, 0.2) is 77.9 Å². The lowest BCUT2D eigenvalue weighted by atomic mass is 9.96. The van der Waals surface area contributed by atoms with Gasteiger partial charge in [-0.3, -0.25) is 5.43 Å². The van der Waals surface area contributed by atoms with E-state index in [0.717, 1.165) is 22.2 Å². The highest BCUT2D eigenvalue weighted by Gasteiger charge is 2.10. The van der Waals surface area contributed by atoms with E-state index in [1.54, 1.807) is 0 Å². The van der Waals surface area contributed by atoms with Gasteiger partial charge in [0, 0.05) is 11.1 Å². The van der Waals surface area contributed by atoms with E-state index >= 15 is 0 Å². The van der Waals surface area contributed by atoms with Crippen LogP contribution in [0.2, 0.25) is 0 Å². The summed E-state index contributed by atoms with van der Waals surface area (Å²) in [5.41, 5.74) is 11.1. The summed E-state index contributed by atoms with van der Waals surface area (Å²) in [6, 6.07) is 24.4. The number of nitrogens with zero attached hydrogens (tertiary/aromatic N) is 1. The van der Waals surface area contributed by atoms with Crippen LogP contribution >= 0.6 is 12.2 Å². The molecule has 0 aromatic heterocycles. The molecule has 0 aliphatic carbocycles. The molecule has 3 aromatic carbocycles. The molecule has 0 unspecified atom stereocenters. The molecule has 3 rings (SSSR count). The number of hydrazone groups is 1. The first-order chi connectivity index (χ1) is 10.8. The first-order valence-electron chi connectivity index (χ1n) is 6.92. The predicted molar refractivity (Wildman–Crippen MR) is 96.0 cm³/mol. The Morgan fingerprint density at radius 1 is 0.864 bits per heavy atom. The van der Waals surface area contributed by atoms with Crippen molar-refractivity contribution in [1.82, 2.24) is 5.43 Å². The van der Waals surface area contributed by atoms with Gasteiger partial charge in [0.2, 0.25) is 0 Å². The fourth-order valence-electron chi connectivity index (χ4n) is 2.42. The van der Waals surface area contributed by atoms with E-state index in [4.69, 9.17) is 18.0 Å². The monoisotopic (exact) mass is 305 g/mol. The average Bonchev–Trinajstić information content (AvgIpc) is 2.56. The summed E-state index contributed by atoms with van der Waals surface area (Å²) < 4.78 is 0. The van der Waals surface area contributed by atoms with Crippen molar-refractivity contribution in [2.24, 2.45) is 10.8 Å². The van der Waals surface area contributed by atoms with Crippen LogP contribution in [0, 0.1) is 0 Å². The number of hydrogen-bond acceptors (Lipinski definition) is 2. The summed E-state index contributed by atoms with van der Waals surface area (Å²) in [5, 5.41) is 6.86. The second-order valence-electron chi connectivity index (χ2n) is 4.83. The van der Waals surface area contributed by atoms with Crippen LogP contribution in [-0.2, 0) is 0 Å². The molecule has 0 amide bonds. The lowest BCUT2D eigenvalue weighted by molar-refractivity contribution is 1.03. The van der Waals surface area contributed by atoms with Crippen LogP contribution in [0.1, 0.15) is 11.1 Å². The van der Waals surface area contributed by atoms with Gasteiger partial charge in [-0.2, -0.15) is 5.10 Å². The molecular formula is C18H15N3S. The third-order valence-electron chi connectivity index (χ3n) is 3.37. The van der Waals surface area contributed by atoms with Crippen LogP contribution < -0.4 is 11.2 Å². The van der Waals surface area contributed by atoms with Crippen molar-refractivity contribution in [1.29, 1.82) is 0 Å². The van der Waals surface area contributed by atoms with E-state index in [0.29, 0.717) is 0 Å². The summed E-state index contributed by atoms with van der Waals surface area (Å²) in [6.45, 7) is 0. The molecule has 0 fully saturated rings. The largest absolute Gasteiger partial charge is 0.375 e. The van der Waals surface area contributed by atoms with Crippen molar-refractivity contribution in [2.45, 2.75) is 0 Å². The maximum absolute atomic E-state index is 5.52. The first-order valence-corrected chi connectivity index (χ1v) is 7.33. The van der Waals surface area contributed by atoms with E-state index < -0.39 is 0 Å². The average molecular weight is 305 g/mol. The maximum Gasteiger partial charge on any atom is 0.184 e.